The number of rotatable bonds is 3. The molecule has 0 amide bonds. The van der Waals surface area contributed by atoms with Crippen molar-refractivity contribution >= 4 is 5.69 Å². The van der Waals surface area contributed by atoms with Crippen molar-refractivity contribution in [2.75, 3.05) is 45.3 Å². The van der Waals surface area contributed by atoms with Crippen molar-refractivity contribution in [3.8, 4) is 11.5 Å². The molecule has 1 saturated heterocycles. The third-order valence-electron chi connectivity index (χ3n) is 3.28. The van der Waals surface area contributed by atoms with Gasteiger partial charge in [-0.3, -0.25) is 0 Å². The molecule has 1 unspecified atom stereocenters. The van der Waals surface area contributed by atoms with Crippen molar-refractivity contribution in [1.29, 1.82) is 0 Å². The van der Waals surface area contributed by atoms with Crippen LogP contribution in [0.3, 0.4) is 0 Å². The fraction of sp³-hybridized carbons (Fsp3) is 0.571. The minimum absolute atomic E-state index is 0.643. The summed E-state index contributed by atoms with van der Waals surface area (Å²) in [6, 6.07) is 6.05. The van der Waals surface area contributed by atoms with Crippen LogP contribution >= 0.6 is 0 Å². The molecule has 0 saturated carbocycles. The van der Waals surface area contributed by atoms with Gasteiger partial charge in [-0.2, -0.15) is 0 Å². The maximum atomic E-state index is 5.32. The summed E-state index contributed by atoms with van der Waals surface area (Å²) in [6.07, 6.45) is 0. The van der Waals surface area contributed by atoms with Crippen molar-refractivity contribution in [2.45, 2.75) is 6.92 Å². The molecule has 1 aromatic rings. The molecule has 0 bridgehead atoms. The Morgan fingerprint density at radius 2 is 1.83 bits per heavy atom. The first-order valence-corrected chi connectivity index (χ1v) is 6.41. The lowest BCUT2D eigenvalue weighted by atomic mass is 10.1. The molecule has 100 valence electrons. The van der Waals surface area contributed by atoms with Crippen LogP contribution in [-0.4, -0.2) is 40.4 Å². The Morgan fingerprint density at radius 1 is 1.17 bits per heavy atom. The van der Waals surface area contributed by atoms with Gasteiger partial charge in [0.2, 0.25) is 0 Å². The highest BCUT2D eigenvalue weighted by atomic mass is 16.5. The van der Waals surface area contributed by atoms with Crippen LogP contribution in [0.15, 0.2) is 18.2 Å². The standard InChI is InChI=1S/C14H22N2O2/c1-11-9-15-4-5-16(10-11)12-6-13(17-2)8-14(7-12)18-3/h6-8,11,15H,4-5,9-10H2,1-3H3. The molecule has 1 atom stereocenters. The van der Waals surface area contributed by atoms with Crippen LogP contribution in [-0.2, 0) is 0 Å². The van der Waals surface area contributed by atoms with Crippen LogP contribution in [0.5, 0.6) is 11.5 Å². The van der Waals surface area contributed by atoms with Gasteiger partial charge in [0.05, 0.1) is 14.2 Å². The summed E-state index contributed by atoms with van der Waals surface area (Å²) in [5, 5.41) is 3.45. The zero-order chi connectivity index (χ0) is 13.0. The molecule has 1 N–H and O–H groups in total. The van der Waals surface area contributed by atoms with Crippen LogP contribution in [0.1, 0.15) is 6.92 Å². The highest BCUT2D eigenvalue weighted by Gasteiger charge is 2.16. The third kappa shape index (κ3) is 3.07. The first-order valence-electron chi connectivity index (χ1n) is 6.41. The SMILES string of the molecule is COc1cc(OC)cc(N2CCNCC(C)C2)c1. The lowest BCUT2D eigenvalue weighted by molar-refractivity contribution is 0.394. The molecule has 0 aliphatic carbocycles. The van der Waals surface area contributed by atoms with E-state index in [0.29, 0.717) is 5.92 Å². The van der Waals surface area contributed by atoms with Crippen molar-refractivity contribution in [3.63, 3.8) is 0 Å². The Bertz CT molecular complexity index is 373. The Morgan fingerprint density at radius 3 is 2.44 bits per heavy atom. The van der Waals surface area contributed by atoms with Crippen molar-refractivity contribution in [3.05, 3.63) is 18.2 Å². The van der Waals surface area contributed by atoms with E-state index in [-0.39, 0.29) is 0 Å². The van der Waals surface area contributed by atoms with Gasteiger partial charge in [0.25, 0.3) is 0 Å². The highest BCUT2D eigenvalue weighted by molar-refractivity contribution is 5.55. The molecule has 1 aliphatic rings. The van der Waals surface area contributed by atoms with E-state index in [4.69, 9.17) is 9.47 Å². The van der Waals surface area contributed by atoms with Crippen molar-refractivity contribution < 1.29 is 9.47 Å². The Balaban J connectivity index is 2.24. The molecule has 0 spiro atoms. The average Bonchev–Trinajstić information content (AvgIpc) is 2.62. The second kappa shape index (κ2) is 5.96. The summed E-state index contributed by atoms with van der Waals surface area (Å²) in [7, 11) is 3.37. The van der Waals surface area contributed by atoms with E-state index in [2.05, 4.69) is 29.3 Å². The van der Waals surface area contributed by atoms with Gasteiger partial charge >= 0.3 is 0 Å². The van der Waals surface area contributed by atoms with Gasteiger partial charge in [-0.1, -0.05) is 6.92 Å². The van der Waals surface area contributed by atoms with Gasteiger partial charge in [0.15, 0.2) is 0 Å². The first kappa shape index (κ1) is 13.0. The minimum Gasteiger partial charge on any atom is -0.497 e. The molecule has 1 aliphatic heterocycles. The van der Waals surface area contributed by atoms with Crippen LogP contribution < -0.4 is 19.7 Å². The van der Waals surface area contributed by atoms with E-state index < -0.39 is 0 Å². The van der Waals surface area contributed by atoms with Crippen LogP contribution in [0.4, 0.5) is 5.69 Å². The maximum Gasteiger partial charge on any atom is 0.124 e. The Labute approximate surface area is 109 Å². The highest BCUT2D eigenvalue weighted by Crippen LogP contribution is 2.29. The van der Waals surface area contributed by atoms with Gasteiger partial charge in [0, 0.05) is 43.5 Å². The van der Waals surface area contributed by atoms with E-state index in [9.17, 15) is 0 Å². The second-order valence-electron chi connectivity index (χ2n) is 4.83. The number of nitrogens with one attached hydrogen (secondary N) is 1. The molecule has 1 aromatic carbocycles. The van der Waals surface area contributed by atoms with E-state index in [1.165, 1.54) is 5.69 Å². The zero-order valence-corrected chi connectivity index (χ0v) is 11.4. The molecule has 4 nitrogen and oxygen atoms in total. The van der Waals surface area contributed by atoms with Gasteiger partial charge in [-0.05, 0) is 12.5 Å². The van der Waals surface area contributed by atoms with E-state index >= 15 is 0 Å². The maximum absolute atomic E-state index is 5.32. The predicted octanol–water partition coefficient (Wildman–Crippen LogP) is 1.75. The summed E-state index contributed by atoms with van der Waals surface area (Å²) in [6.45, 7) is 6.44. The number of methoxy groups -OCH3 is 2. The normalized spacial score (nSPS) is 20.4. The lowest BCUT2D eigenvalue weighted by Gasteiger charge is -2.25. The number of anilines is 1. The number of nitrogens with zero attached hydrogens (tertiary/aromatic N) is 1. The molecule has 1 heterocycles. The lowest BCUT2D eigenvalue weighted by Crippen LogP contribution is -2.29. The summed E-state index contributed by atoms with van der Waals surface area (Å²) in [4.78, 5) is 2.38. The largest absolute Gasteiger partial charge is 0.497 e. The zero-order valence-electron chi connectivity index (χ0n) is 11.4. The molecular weight excluding hydrogens is 228 g/mol. The molecule has 18 heavy (non-hydrogen) atoms. The Hall–Kier alpha value is -1.42. The molecule has 2 rings (SSSR count). The minimum atomic E-state index is 0.643. The van der Waals surface area contributed by atoms with Crippen LogP contribution in [0, 0.1) is 5.92 Å². The van der Waals surface area contributed by atoms with E-state index in [1.54, 1.807) is 14.2 Å². The van der Waals surface area contributed by atoms with Gasteiger partial charge in [-0.25, -0.2) is 0 Å². The summed E-state index contributed by atoms with van der Waals surface area (Å²) >= 11 is 0. The van der Waals surface area contributed by atoms with Crippen LogP contribution in [0.2, 0.25) is 0 Å². The van der Waals surface area contributed by atoms with E-state index in [1.807, 2.05) is 6.07 Å². The van der Waals surface area contributed by atoms with Gasteiger partial charge < -0.3 is 19.7 Å². The smallest absolute Gasteiger partial charge is 0.124 e. The summed E-state index contributed by atoms with van der Waals surface area (Å²) < 4.78 is 10.6. The average molecular weight is 250 g/mol. The van der Waals surface area contributed by atoms with Crippen molar-refractivity contribution in [1.82, 2.24) is 5.32 Å². The third-order valence-corrected chi connectivity index (χ3v) is 3.28. The second-order valence-corrected chi connectivity index (χ2v) is 4.83. The number of benzene rings is 1. The summed E-state index contributed by atoms with van der Waals surface area (Å²) in [5.74, 6) is 2.33. The summed E-state index contributed by atoms with van der Waals surface area (Å²) in [5.41, 5.74) is 1.17. The number of hydrogen-bond donors (Lipinski definition) is 1. The Kier molecular flexibility index (Phi) is 4.31. The van der Waals surface area contributed by atoms with Gasteiger partial charge in [-0.15, -0.1) is 0 Å². The fourth-order valence-electron chi connectivity index (χ4n) is 2.30. The van der Waals surface area contributed by atoms with Gasteiger partial charge in [0.1, 0.15) is 11.5 Å². The molecule has 0 aromatic heterocycles. The topological polar surface area (TPSA) is 33.7 Å². The fourth-order valence-corrected chi connectivity index (χ4v) is 2.30. The molecule has 1 fully saturated rings. The number of hydrogen-bond acceptors (Lipinski definition) is 4. The monoisotopic (exact) mass is 250 g/mol. The number of ether oxygens (including phenoxy) is 2. The van der Waals surface area contributed by atoms with E-state index in [0.717, 1.165) is 37.7 Å². The van der Waals surface area contributed by atoms with Crippen molar-refractivity contribution in [2.24, 2.45) is 5.92 Å². The first-order chi connectivity index (χ1) is 8.72. The van der Waals surface area contributed by atoms with Crippen LogP contribution in [0.25, 0.3) is 0 Å². The molecule has 0 radical (unpaired) electrons. The quantitative estimate of drug-likeness (QED) is 0.886. The molecular formula is C14H22N2O2. The predicted molar refractivity (Wildman–Crippen MR) is 73.8 cm³/mol. The molecule has 4 heteroatoms.